The van der Waals surface area contributed by atoms with Gasteiger partial charge in [-0.15, -0.1) is 0 Å². The average Bonchev–Trinajstić information content (AvgIpc) is 3.40. The van der Waals surface area contributed by atoms with Gasteiger partial charge in [0.05, 0.1) is 13.3 Å². The summed E-state index contributed by atoms with van der Waals surface area (Å²) in [5.74, 6) is 2.63. The van der Waals surface area contributed by atoms with Crippen LogP contribution in [0.1, 0.15) is 17.5 Å². The Balaban J connectivity index is 1.14. The van der Waals surface area contributed by atoms with Gasteiger partial charge >= 0.3 is 6.03 Å². The van der Waals surface area contributed by atoms with Crippen LogP contribution < -0.4 is 10.1 Å². The van der Waals surface area contributed by atoms with Crippen molar-refractivity contribution in [2.75, 3.05) is 51.0 Å². The normalized spacial score (nSPS) is 28.1. The Kier molecular flexibility index (Phi) is 4.72. The molecule has 3 amide bonds. The van der Waals surface area contributed by atoms with Crippen molar-refractivity contribution in [3.8, 4) is 5.75 Å². The summed E-state index contributed by atoms with van der Waals surface area (Å²) >= 11 is 1.74. The zero-order valence-electron chi connectivity index (χ0n) is 16.0. The van der Waals surface area contributed by atoms with Gasteiger partial charge in [0.25, 0.3) is 5.91 Å². The van der Waals surface area contributed by atoms with Gasteiger partial charge in [-0.2, -0.15) is 11.8 Å². The van der Waals surface area contributed by atoms with Crippen LogP contribution in [0.4, 0.5) is 4.79 Å². The standard InChI is InChI=1S/C20H26N4O3S/c25-18-20(4-10-28-13-20)21-19(26)24(18)14-23-7-5-22(6-8-23)12-15-1-2-17-16(11-15)3-9-27-17/h1-2,11H,3-10,12-14H2,(H,21,26)/t20-/m1/s1. The molecule has 4 heterocycles. The smallest absolute Gasteiger partial charge is 0.326 e. The lowest BCUT2D eigenvalue weighted by atomic mass is 10.00. The van der Waals surface area contributed by atoms with E-state index in [1.54, 1.807) is 11.8 Å². The maximum absolute atomic E-state index is 12.8. The van der Waals surface area contributed by atoms with Crippen molar-refractivity contribution in [3.63, 3.8) is 0 Å². The maximum Gasteiger partial charge on any atom is 0.326 e. The third-order valence-electron chi connectivity index (χ3n) is 6.23. The molecule has 0 unspecified atom stereocenters. The average molecular weight is 403 g/mol. The number of piperazine rings is 1. The Morgan fingerprint density at radius 1 is 1.14 bits per heavy atom. The number of nitrogens with one attached hydrogen (secondary N) is 1. The van der Waals surface area contributed by atoms with Crippen molar-refractivity contribution >= 4 is 23.7 Å². The first kappa shape index (κ1) is 18.3. The molecule has 0 aliphatic carbocycles. The predicted molar refractivity (Wildman–Crippen MR) is 107 cm³/mol. The highest BCUT2D eigenvalue weighted by atomic mass is 32.2. The summed E-state index contributed by atoms with van der Waals surface area (Å²) in [6, 6.07) is 6.28. The number of nitrogens with zero attached hydrogens (tertiary/aromatic N) is 3. The Labute approximate surface area is 169 Å². The molecule has 28 heavy (non-hydrogen) atoms. The monoisotopic (exact) mass is 402 g/mol. The second-order valence-electron chi connectivity index (χ2n) is 8.12. The number of fused-ring (bicyclic) bond motifs is 1. The van der Waals surface area contributed by atoms with Gasteiger partial charge in [0, 0.05) is 44.9 Å². The SMILES string of the molecule is O=C1N[C@@]2(CCSC2)C(=O)N1CN1CCN(Cc2ccc3c(c2)CCO3)CC1. The molecule has 0 aromatic heterocycles. The van der Waals surface area contributed by atoms with Crippen molar-refractivity contribution < 1.29 is 14.3 Å². The molecule has 0 bridgehead atoms. The summed E-state index contributed by atoms with van der Waals surface area (Å²) in [5, 5.41) is 2.95. The first-order valence-corrected chi connectivity index (χ1v) is 11.2. The summed E-state index contributed by atoms with van der Waals surface area (Å²) in [6.45, 7) is 5.75. The van der Waals surface area contributed by atoms with Gasteiger partial charge in [-0.05, 0) is 29.4 Å². The fourth-order valence-electron chi connectivity index (χ4n) is 4.52. The molecule has 1 spiro atoms. The topological polar surface area (TPSA) is 65.1 Å². The largest absolute Gasteiger partial charge is 0.493 e. The third kappa shape index (κ3) is 3.27. The molecular formula is C20H26N4O3S. The van der Waals surface area contributed by atoms with Gasteiger partial charge in [-0.25, -0.2) is 9.69 Å². The van der Waals surface area contributed by atoms with Crippen molar-refractivity contribution in [3.05, 3.63) is 29.3 Å². The minimum atomic E-state index is -0.638. The number of carbonyl (C=O) groups excluding carboxylic acids is 2. The highest BCUT2D eigenvalue weighted by Gasteiger charge is 2.53. The van der Waals surface area contributed by atoms with E-state index in [-0.39, 0.29) is 11.9 Å². The van der Waals surface area contributed by atoms with Gasteiger partial charge in [-0.1, -0.05) is 12.1 Å². The zero-order chi connectivity index (χ0) is 19.1. The molecular weight excluding hydrogens is 376 g/mol. The number of ether oxygens (including phenoxy) is 1. The van der Waals surface area contributed by atoms with E-state index in [1.807, 2.05) is 0 Å². The second-order valence-corrected chi connectivity index (χ2v) is 9.23. The lowest BCUT2D eigenvalue weighted by Gasteiger charge is -2.36. The molecule has 1 aromatic carbocycles. The Morgan fingerprint density at radius 3 is 2.75 bits per heavy atom. The van der Waals surface area contributed by atoms with Crippen molar-refractivity contribution in [1.82, 2.24) is 20.0 Å². The van der Waals surface area contributed by atoms with E-state index in [2.05, 4.69) is 33.3 Å². The van der Waals surface area contributed by atoms with E-state index in [1.165, 1.54) is 16.0 Å². The van der Waals surface area contributed by atoms with Gasteiger partial charge in [0.2, 0.25) is 0 Å². The second kappa shape index (κ2) is 7.24. The van der Waals surface area contributed by atoms with Gasteiger partial charge in [-0.3, -0.25) is 14.6 Å². The minimum Gasteiger partial charge on any atom is -0.493 e. The number of benzene rings is 1. The van der Waals surface area contributed by atoms with Crippen LogP contribution in [0.25, 0.3) is 0 Å². The van der Waals surface area contributed by atoms with Crippen LogP contribution in [0.3, 0.4) is 0 Å². The number of amides is 3. The van der Waals surface area contributed by atoms with Crippen molar-refractivity contribution in [1.29, 1.82) is 0 Å². The van der Waals surface area contributed by atoms with Crippen LogP contribution in [-0.4, -0.2) is 83.1 Å². The number of imide groups is 1. The van der Waals surface area contributed by atoms with Gasteiger partial charge < -0.3 is 10.1 Å². The molecule has 8 heteroatoms. The van der Waals surface area contributed by atoms with E-state index >= 15 is 0 Å². The Morgan fingerprint density at radius 2 is 1.96 bits per heavy atom. The molecule has 1 N–H and O–H groups in total. The number of hydrogen-bond acceptors (Lipinski definition) is 6. The number of rotatable bonds is 4. The van der Waals surface area contributed by atoms with Crippen LogP contribution in [0.2, 0.25) is 0 Å². The van der Waals surface area contributed by atoms with Gasteiger partial charge in [0.15, 0.2) is 0 Å². The molecule has 5 rings (SSSR count). The number of thioether (sulfide) groups is 1. The van der Waals surface area contributed by atoms with E-state index in [0.717, 1.165) is 63.7 Å². The first-order valence-electron chi connectivity index (χ1n) is 10.0. The van der Waals surface area contributed by atoms with E-state index in [4.69, 9.17) is 4.74 Å². The van der Waals surface area contributed by atoms with Crippen molar-refractivity contribution in [2.24, 2.45) is 0 Å². The van der Waals surface area contributed by atoms with E-state index < -0.39 is 5.54 Å². The summed E-state index contributed by atoms with van der Waals surface area (Å²) < 4.78 is 5.59. The molecule has 1 atom stereocenters. The molecule has 4 aliphatic rings. The van der Waals surface area contributed by atoms with Crippen LogP contribution in [0.5, 0.6) is 5.75 Å². The summed E-state index contributed by atoms with van der Waals surface area (Å²) in [5.41, 5.74) is 2.00. The summed E-state index contributed by atoms with van der Waals surface area (Å²) in [4.78, 5) is 31.2. The summed E-state index contributed by atoms with van der Waals surface area (Å²) in [6.07, 6.45) is 1.75. The van der Waals surface area contributed by atoms with Crippen LogP contribution in [-0.2, 0) is 17.8 Å². The summed E-state index contributed by atoms with van der Waals surface area (Å²) in [7, 11) is 0. The predicted octanol–water partition coefficient (Wildman–Crippen LogP) is 1.12. The minimum absolute atomic E-state index is 0.0368. The maximum atomic E-state index is 12.8. The fraction of sp³-hybridized carbons (Fsp3) is 0.600. The van der Waals surface area contributed by atoms with Crippen LogP contribution in [0, 0.1) is 0 Å². The molecule has 7 nitrogen and oxygen atoms in total. The molecule has 150 valence electrons. The molecule has 3 saturated heterocycles. The molecule has 0 saturated carbocycles. The number of carbonyl (C=O) groups is 2. The quantitative estimate of drug-likeness (QED) is 0.762. The van der Waals surface area contributed by atoms with Crippen LogP contribution in [0.15, 0.2) is 18.2 Å². The fourth-order valence-corrected chi connectivity index (χ4v) is 5.85. The molecule has 1 aromatic rings. The first-order chi connectivity index (χ1) is 13.6. The molecule has 4 aliphatic heterocycles. The lowest BCUT2D eigenvalue weighted by Crippen LogP contribution is -2.52. The number of hydrogen-bond donors (Lipinski definition) is 1. The highest BCUT2D eigenvalue weighted by molar-refractivity contribution is 7.99. The Bertz CT molecular complexity index is 788. The molecule has 3 fully saturated rings. The Hall–Kier alpha value is -1.77. The number of urea groups is 1. The third-order valence-corrected chi connectivity index (χ3v) is 7.42. The zero-order valence-corrected chi connectivity index (χ0v) is 16.8. The van der Waals surface area contributed by atoms with Crippen molar-refractivity contribution in [2.45, 2.75) is 24.9 Å². The van der Waals surface area contributed by atoms with Gasteiger partial charge in [0.1, 0.15) is 11.3 Å². The molecule has 0 radical (unpaired) electrons. The van der Waals surface area contributed by atoms with E-state index in [9.17, 15) is 9.59 Å². The van der Waals surface area contributed by atoms with Crippen LogP contribution >= 0.6 is 11.8 Å². The van der Waals surface area contributed by atoms with E-state index in [0.29, 0.717) is 12.4 Å². The highest BCUT2D eigenvalue weighted by Crippen LogP contribution is 2.33. The lowest BCUT2D eigenvalue weighted by molar-refractivity contribution is -0.132.